The van der Waals surface area contributed by atoms with Gasteiger partial charge in [-0.2, -0.15) is 0 Å². The first-order valence-electron chi connectivity index (χ1n) is 7.16. The molecule has 118 valence electrons. The van der Waals surface area contributed by atoms with E-state index in [0.29, 0.717) is 6.54 Å². The molecule has 0 aliphatic carbocycles. The van der Waals surface area contributed by atoms with Crippen LogP contribution in [0.2, 0.25) is 5.02 Å². The Balaban J connectivity index is 1.45. The Kier molecular flexibility index (Phi) is 5.15. The van der Waals surface area contributed by atoms with Crippen LogP contribution < -0.4 is 5.32 Å². The highest BCUT2D eigenvalue weighted by Crippen LogP contribution is 2.19. The smallest absolute Gasteiger partial charge is 0.241 e. The summed E-state index contributed by atoms with van der Waals surface area (Å²) in [5.41, 5.74) is 1.65. The highest BCUT2D eigenvalue weighted by molar-refractivity contribution is 7.99. The number of aromatic nitrogens is 3. The highest BCUT2D eigenvalue weighted by atomic mass is 35.5. The minimum Gasteiger partial charge on any atom is -0.354 e. The number of fused-ring (bicyclic) bond motifs is 1. The summed E-state index contributed by atoms with van der Waals surface area (Å²) < 4.78 is 1.61. The van der Waals surface area contributed by atoms with Gasteiger partial charge in [0.1, 0.15) is 12.1 Å². The lowest BCUT2D eigenvalue weighted by molar-refractivity contribution is -0.121. The molecule has 2 aromatic carbocycles. The van der Waals surface area contributed by atoms with Crippen molar-refractivity contribution >= 4 is 40.3 Å². The van der Waals surface area contributed by atoms with E-state index in [2.05, 4.69) is 15.6 Å². The molecule has 0 atom stereocenters. The van der Waals surface area contributed by atoms with E-state index in [9.17, 15) is 4.79 Å². The number of hydrogen-bond donors (Lipinski definition) is 1. The Bertz CT molecular complexity index is 803. The molecule has 1 heterocycles. The average molecular weight is 347 g/mol. The van der Waals surface area contributed by atoms with Gasteiger partial charge in [0.25, 0.3) is 0 Å². The average Bonchev–Trinajstić information content (AvgIpc) is 2.96. The van der Waals surface area contributed by atoms with Gasteiger partial charge in [-0.25, -0.2) is 4.68 Å². The van der Waals surface area contributed by atoms with Crippen molar-refractivity contribution in [3.63, 3.8) is 0 Å². The van der Waals surface area contributed by atoms with Gasteiger partial charge < -0.3 is 5.32 Å². The van der Waals surface area contributed by atoms with E-state index in [4.69, 9.17) is 11.6 Å². The fraction of sp³-hybridized carbons (Fsp3) is 0.188. The van der Waals surface area contributed by atoms with Gasteiger partial charge in [-0.3, -0.25) is 4.79 Å². The van der Waals surface area contributed by atoms with Crippen LogP contribution in [0.25, 0.3) is 11.0 Å². The summed E-state index contributed by atoms with van der Waals surface area (Å²) in [4.78, 5) is 13.1. The maximum absolute atomic E-state index is 12.0. The van der Waals surface area contributed by atoms with Gasteiger partial charge in [0.2, 0.25) is 5.91 Å². The number of carbonyl (C=O) groups is 1. The molecule has 0 aliphatic heterocycles. The molecule has 0 unspecified atom stereocenters. The number of para-hydroxylation sites is 1. The normalized spacial score (nSPS) is 10.8. The van der Waals surface area contributed by atoms with Crippen molar-refractivity contribution in [2.45, 2.75) is 11.4 Å². The molecule has 0 radical (unpaired) electrons. The minimum atomic E-state index is -0.0719. The van der Waals surface area contributed by atoms with Crippen LogP contribution in [0.3, 0.4) is 0 Å². The lowest BCUT2D eigenvalue weighted by Crippen LogP contribution is -2.29. The van der Waals surface area contributed by atoms with Gasteiger partial charge in [-0.15, -0.1) is 16.9 Å². The molecule has 0 spiro atoms. The number of thioether (sulfide) groups is 1. The number of amides is 1. The molecule has 1 amide bonds. The van der Waals surface area contributed by atoms with Crippen LogP contribution >= 0.6 is 23.4 Å². The number of benzene rings is 2. The topological polar surface area (TPSA) is 59.8 Å². The van der Waals surface area contributed by atoms with Crippen LogP contribution in [0.1, 0.15) is 0 Å². The third kappa shape index (κ3) is 4.24. The van der Waals surface area contributed by atoms with Crippen LogP contribution in [0.4, 0.5) is 0 Å². The Labute approximate surface area is 143 Å². The lowest BCUT2D eigenvalue weighted by atomic mass is 10.3. The molecule has 23 heavy (non-hydrogen) atoms. The summed E-state index contributed by atoms with van der Waals surface area (Å²) in [5, 5.41) is 11.7. The summed E-state index contributed by atoms with van der Waals surface area (Å²) in [6, 6.07) is 15.2. The van der Waals surface area contributed by atoms with E-state index in [1.54, 1.807) is 16.4 Å². The molecule has 1 N–H and O–H groups in total. The van der Waals surface area contributed by atoms with Gasteiger partial charge >= 0.3 is 0 Å². The third-order valence-corrected chi connectivity index (χ3v) is 4.49. The maximum atomic E-state index is 12.0. The Morgan fingerprint density at radius 3 is 2.78 bits per heavy atom. The van der Waals surface area contributed by atoms with Crippen LogP contribution in [0.15, 0.2) is 53.4 Å². The molecule has 3 rings (SSSR count). The monoisotopic (exact) mass is 346 g/mol. The molecule has 5 nitrogen and oxygen atoms in total. The fourth-order valence-electron chi connectivity index (χ4n) is 2.12. The van der Waals surface area contributed by atoms with E-state index in [1.807, 2.05) is 48.5 Å². The second-order valence-corrected chi connectivity index (χ2v) is 6.49. The number of nitrogens with zero attached hydrogens (tertiary/aromatic N) is 3. The molecule has 0 saturated carbocycles. The first-order chi connectivity index (χ1) is 11.2. The van der Waals surface area contributed by atoms with E-state index >= 15 is 0 Å². The zero-order valence-electron chi connectivity index (χ0n) is 12.3. The van der Waals surface area contributed by atoms with Crippen LogP contribution in [0, 0.1) is 0 Å². The largest absolute Gasteiger partial charge is 0.354 e. The van der Waals surface area contributed by atoms with Gasteiger partial charge in [-0.05, 0) is 36.4 Å². The SMILES string of the molecule is O=C(Cn1nnc2ccccc21)NCCSc1ccc(Cl)cc1. The maximum Gasteiger partial charge on any atom is 0.241 e. The first kappa shape index (κ1) is 15.8. The van der Waals surface area contributed by atoms with Crippen molar-refractivity contribution in [1.29, 1.82) is 0 Å². The molecule has 0 fully saturated rings. The summed E-state index contributed by atoms with van der Waals surface area (Å²) in [7, 11) is 0. The summed E-state index contributed by atoms with van der Waals surface area (Å²) in [6.45, 7) is 0.769. The van der Waals surface area contributed by atoms with Gasteiger partial charge in [0.05, 0.1) is 5.52 Å². The minimum absolute atomic E-state index is 0.0719. The molecular weight excluding hydrogens is 332 g/mol. The Morgan fingerprint density at radius 1 is 1.17 bits per heavy atom. The zero-order valence-corrected chi connectivity index (χ0v) is 13.8. The molecule has 3 aromatic rings. The highest BCUT2D eigenvalue weighted by Gasteiger charge is 2.07. The van der Waals surface area contributed by atoms with Crippen LogP contribution in [-0.2, 0) is 11.3 Å². The second-order valence-electron chi connectivity index (χ2n) is 4.89. The standard InChI is InChI=1S/C16H15ClN4OS/c17-12-5-7-13(8-6-12)23-10-9-18-16(22)11-21-15-4-2-1-3-14(15)19-20-21/h1-8H,9-11H2,(H,18,22). The van der Waals surface area contributed by atoms with Crippen molar-refractivity contribution in [2.75, 3.05) is 12.3 Å². The summed E-state index contributed by atoms with van der Waals surface area (Å²) in [6.07, 6.45) is 0. The summed E-state index contributed by atoms with van der Waals surface area (Å²) in [5.74, 6) is 0.725. The van der Waals surface area contributed by atoms with E-state index in [1.165, 1.54) is 0 Å². The molecule has 0 bridgehead atoms. The number of rotatable bonds is 6. The van der Waals surface area contributed by atoms with Crippen molar-refractivity contribution < 1.29 is 4.79 Å². The van der Waals surface area contributed by atoms with E-state index in [0.717, 1.165) is 26.7 Å². The number of carbonyl (C=O) groups excluding carboxylic acids is 1. The van der Waals surface area contributed by atoms with E-state index < -0.39 is 0 Å². The third-order valence-electron chi connectivity index (χ3n) is 3.22. The van der Waals surface area contributed by atoms with Crippen molar-refractivity contribution in [2.24, 2.45) is 0 Å². The fourth-order valence-corrected chi connectivity index (χ4v) is 3.01. The molecule has 7 heteroatoms. The van der Waals surface area contributed by atoms with Crippen molar-refractivity contribution in [1.82, 2.24) is 20.3 Å². The van der Waals surface area contributed by atoms with Crippen LogP contribution in [-0.4, -0.2) is 33.2 Å². The second kappa shape index (κ2) is 7.48. The molecule has 0 aliphatic rings. The summed E-state index contributed by atoms with van der Waals surface area (Å²) >= 11 is 7.52. The van der Waals surface area contributed by atoms with E-state index in [-0.39, 0.29) is 12.5 Å². The quantitative estimate of drug-likeness (QED) is 0.550. The van der Waals surface area contributed by atoms with Crippen molar-refractivity contribution in [3.8, 4) is 0 Å². The van der Waals surface area contributed by atoms with Crippen LogP contribution in [0.5, 0.6) is 0 Å². The van der Waals surface area contributed by atoms with Gasteiger partial charge in [-0.1, -0.05) is 28.9 Å². The zero-order chi connectivity index (χ0) is 16.1. The van der Waals surface area contributed by atoms with Crippen molar-refractivity contribution in [3.05, 3.63) is 53.6 Å². The number of hydrogen-bond acceptors (Lipinski definition) is 4. The van der Waals surface area contributed by atoms with Gasteiger partial charge in [0, 0.05) is 22.2 Å². The molecule has 0 saturated heterocycles. The molecular formula is C16H15ClN4OS. The molecule has 1 aromatic heterocycles. The predicted molar refractivity (Wildman–Crippen MR) is 92.7 cm³/mol. The predicted octanol–water partition coefficient (Wildman–Crippen LogP) is 2.99. The Morgan fingerprint density at radius 2 is 1.96 bits per heavy atom. The number of nitrogens with one attached hydrogen (secondary N) is 1. The Hall–Kier alpha value is -2.05. The number of halogens is 1. The lowest BCUT2D eigenvalue weighted by Gasteiger charge is -2.06. The van der Waals surface area contributed by atoms with Gasteiger partial charge in [0.15, 0.2) is 0 Å². The first-order valence-corrected chi connectivity index (χ1v) is 8.52.